The normalized spacial score (nSPS) is 24.6. The average molecular weight is 282 g/mol. The zero-order chi connectivity index (χ0) is 11.1. The van der Waals surface area contributed by atoms with Gasteiger partial charge in [-0.1, -0.05) is 22.4 Å². The van der Waals surface area contributed by atoms with Gasteiger partial charge in [-0.15, -0.1) is 0 Å². The Kier molecular flexibility index (Phi) is 2.58. The van der Waals surface area contributed by atoms with Crippen molar-refractivity contribution in [3.63, 3.8) is 0 Å². The van der Waals surface area contributed by atoms with Crippen LogP contribution in [0, 0.1) is 5.92 Å². The summed E-state index contributed by atoms with van der Waals surface area (Å²) in [5.41, 5.74) is 1.22. The summed E-state index contributed by atoms with van der Waals surface area (Å²) in [7, 11) is 2.19. The molecule has 0 spiro atoms. The van der Waals surface area contributed by atoms with E-state index in [2.05, 4.69) is 33.9 Å². The second kappa shape index (κ2) is 3.95. The highest BCUT2D eigenvalue weighted by Gasteiger charge is 2.34. The molecule has 3 heteroatoms. The zero-order valence-corrected chi connectivity index (χ0v) is 11.0. The molecule has 0 bridgehead atoms. The lowest BCUT2D eigenvalue weighted by atomic mass is 9.79. The van der Waals surface area contributed by atoms with Crippen molar-refractivity contribution in [2.45, 2.75) is 25.3 Å². The molecule has 2 nitrogen and oxygen atoms in total. The quantitative estimate of drug-likeness (QED) is 0.782. The van der Waals surface area contributed by atoms with Gasteiger partial charge in [0, 0.05) is 11.5 Å². The molecule has 1 atom stereocenters. The van der Waals surface area contributed by atoms with Crippen molar-refractivity contribution in [1.29, 1.82) is 0 Å². The number of likely N-dealkylation sites (N-methyl/N-ethyl adjacent to an activating group) is 1. The first-order chi connectivity index (χ1) is 7.75. The molecule has 2 aliphatic rings. The molecule has 0 amide bonds. The largest absolute Gasteiger partial charge is 0.489 e. The molecular weight excluding hydrogens is 266 g/mol. The van der Waals surface area contributed by atoms with Gasteiger partial charge in [0.15, 0.2) is 0 Å². The van der Waals surface area contributed by atoms with E-state index in [1.165, 1.54) is 24.9 Å². The van der Waals surface area contributed by atoms with E-state index in [-0.39, 0.29) is 0 Å². The monoisotopic (exact) mass is 281 g/mol. The molecule has 0 saturated heterocycles. The highest BCUT2D eigenvalue weighted by atomic mass is 79.9. The average Bonchev–Trinajstić information content (AvgIpc) is 2.20. The van der Waals surface area contributed by atoms with Crippen molar-refractivity contribution >= 4 is 21.6 Å². The van der Waals surface area contributed by atoms with Crippen LogP contribution < -0.4 is 9.64 Å². The van der Waals surface area contributed by atoms with Crippen LogP contribution in [0.4, 0.5) is 5.69 Å². The first-order valence-electron chi connectivity index (χ1n) is 5.91. The molecule has 1 heterocycles. The maximum absolute atomic E-state index is 5.86. The third-order valence-corrected chi connectivity index (χ3v) is 4.40. The maximum atomic E-state index is 5.86. The second-order valence-electron chi connectivity index (χ2n) is 4.79. The molecule has 3 rings (SSSR count). The van der Waals surface area contributed by atoms with Gasteiger partial charge in [-0.2, -0.15) is 0 Å². The molecular formula is C13H16BrNO. The van der Waals surface area contributed by atoms with Gasteiger partial charge in [-0.3, -0.25) is 0 Å². The van der Waals surface area contributed by atoms with Crippen LogP contribution in [0.3, 0.4) is 0 Å². The smallest absolute Gasteiger partial charge is 0.142 e. The lowest BCUT2D eigenvalue weighted by Crippen LogP contribution is -2.47. The minimum Gasteiger partial charge on any atom is -0.489 e. The SMILES string of the molecule is CN1c2cc(Br)ccc2OCC1C1CCC1. The van der Waals surface area contributed by atoms with Crippen molar-refractivity contribution in [3.05, 3.63) is 22.7 Å². The fraction of sp³-hybridized carbons (Fsp3) is 0.538. The highest BCUT2D eigenvalue weighted by Crippen LogP contribution is 2.40. The van der Waals surface area contributed by atoms with Gasteiger partial charge >= 0.3 is 0 Å². The number of ether oxygens (including phenoxy) is 1. The molecule has 1 aliphatic carbocycles. The van der Waals surface area contributed by atoms with E-state index in [1.54, 1.807) is 0 Å². The Labute approximate surface area is 105 Å². The highest BCUT2D eigenvalue weighted by molar-refractivity contribution is 9.10. The van der Waals surface area contributed by atoms with Crippen molar-refractivity contribution in [1.82, 2.24) is 0 Å². The molecule has 0 aromatic heterocycles. The summed E-state index contributed by atoms with van der Waals surface area (Å²) in [5, 5.41) is 0. The predicted molar refractivity (Wildman–Crippen MR) is 69.2 cm³/mol. The topological polar surface area (TPSA) is 12.5 Å². The molecule has 1 aromatic carbocycles. The standard InChI is InChI=1S/C13H16BrNO/c1-15-11-7-10(14)5-6-13(11)16-8-12(15)9-3-2-4-9/h5-7,9,12H,2-4,8H2,1H3. The first kappa shape index (κ1) is 10.5. The van der Waals surface area contributed by atoms with Crippen LogP contribution >= 0.6 is 15.9 Å². The Morgan fingerprint density at radius 3 is 2.88 bits per heavy atom. The summed E-state index contributed by atoms with van der Waals surface area (Å²) in [4.78, 5) is 2.40. The van der Waals surface area contributed by atoms with E-state index in [4.69, 9.17) is 4.74 Å². The van der Waals surface area contributed by atoms with Crippen molar-refractivity contribution in [2.24, 2.45) is 5.92 Å². The molecule has 0 radical (unpaired) electrons. The summed E-state index contributed by atoms with van der Waals surface area (Å²) in [5.74, 6) is 1.85. The molecule has 16 heavy (non-hydrogen) atoms. The van der Waals surface area contributed by atoms with Crippen LogP contribution in [0.2, 0.25) is 0 Å². The third-order valence-electron chi connectivity index (χ3n) is 3.90. The summed E-state index contributed by atoms with van der Waals surface area (Å²) < 4.78 is 6.98. The van der Waals surface area contributed by atoms with E-state index < -0.39 is 0 Å². The number of hydrogen-bond acceptors (Lipinski definition) is 2. The molecule has 1 aromatic rings. The number of rotatable bonds is 1. The summed E-state index contributed by atoms with van der Waals surface area (Å²) in [6.45, 7) is 0.843. The summed E-state index contributed by atoms with van der Waals surface area (Å²) in [6.07, 6.45) is 4.11. The Morgan fingerprint density at radius 1 is 1.38 bits per heavy atom. The van der Waals surface area contributed by atoms with Gasteiger partial charge in [0.2, 0.25) is 0 Å². The van der Waals surface area contributed by atoms with Crippen LogP contribution in [0.25, 0.3) is 0 Å². The number of halogens is 1. The van der Waals surface area contributed by atoms with Crippen LogP contribution in [-0.2, 0) is 0 Å². The van der Waals surface area contributed by atoms with Gasteiger partial charge < -0.3 is 9.64 Å². The lowest BCUT2D eigenvalue weighted by Gasteiger charge is -2.43. The Balaban J connectivity index is 1.90. The zero-order valence-electron chi connectivity index (χ0n) is 9.45. The number of fused-ring (bicyclic) bond motifs is 1. The summed E-state index contributed by atoms with van der Waals surface area (Å²) >= 11 is 3.52. The Bertz CT molecular complexity index is 403. The Hall–Kier alpha value is -0.700. The predicted octanol–water partition coefficient (Wildman–Crippen LogP) is 3.45. The van der Waals surface area contributed by atoms with Crippen molar-refractivity contribution < 1.29 is 4.74 Å². The molecule has 0 N–H and O–H groups in total. The molecule has 1 fully saturated rings. The number of nitrogens with zero attached hydrogens (tertiary/aromatic N) is 1. The van der Waals surface area contributed by atoms with Crippen LogP contribution in [-0.4, -0.2) is 19.7 Å². The number of anilines is 1. The van der Waals surface area contributed by atoms with E-state index >= 15 is 0 Å². The van der Waals surface area contributed by atoms with Gasteiger partial charge in [-0.25, -0.2) is 0 Å². The second-order valence-corrected chi connectivity index (χ2v) is 5.71. The minimum atomic E-state index is 0.565. The summed E-state index contributed by atoms with van der Waals surface area (Å²) in [6, 6.07) is 6.80. The molecule has 86 valence electrons. The lowest BCUT2D eigenvalue weighted by molar-refractivity contribution is 0.172. The van der Waals surface area contributed by atoms with E-state index in [9.17, 15) is 0 Å². The van der Waals surface area contributed by atoms with Crippen molar-refractivity contribution in [3.8, 4) is 5.75 Å². The van der Waals surface area contributed by atoms with Crippen molar-refractivity contribution in [2.75, 3.05) is 18.6 Å². The first-order valence-corrected chi connectivity index (χ1v) is 6.70. The fourth-order valence-electron chi connectivity index (χ4n) is 2.63. The third kappa shape index (κ3) is 1.61. The number of hydrogen-bond donors (Lipinski definition) is 0. The van der Waals surface area contributed by atoms with Gasteiger partial charge in [0.25, 0.3) is 0 Å². The number of benzene rings is 1. The van der Waals surface area contributed by atoms with E-state index in [0.29, 0.717) is 6.04 Å². The van der Waals surface area contributed by atoms with Crippen LogP contribution in [0.5, 0.6) is 5.75 Å². The van der Waals surface area contributed by atoms with E-state index in [1.807, 2.05) is 12.1 Å². The molecule has 1 unspecified atom stereocenters. The van der Waals surface area contributed by atoms with Gasteiger partial charge in [0.05, 0.1) is 11.7 Å². The minimum absolute atomic E-state index is 0.565. The Morgan fingerprint density at radius 2 is 2.19 bits per heavy atom. The fourth-order valence-corrected chi connectivity index (χ4v) is 2.98. The van der Waals surface area contributed by atoms with Crippen LogP contribution in [0.15, 0.2) is 22.7 Å². The van der Waals surface area contributed by atoms with E-state index in [0.717, 1.165) is 22.7 Å². The van der Waals surface area contributed by atoms with Gasteiger partial charge in [0.1, 0.15) is 12.4 Å². The molecule has 1 aliphatic heterocycles. The maximum Gasteiger partial charge on any atom is 0.142 e. The van der Waals surface area contributed by atoms with Crippen LogP contribution in [0.1, 0.15) is 19.3 Å². The van der Waals surface area contributed by atoms with Gasteiger partial charge in [-0.05, 0) is 37.0 Å². The molecule has 1 saturated carbocycles.